The lowest BCUT2D eigenvalue weighted by Gasteiger charge is -2.14. The Morgan fingerprint density at radius 3 is 0.707 bits per heavy atom. The first kappa shape index (κ1) is 79.5. The van der Waals surface area contributed by atoms with Crippen molar-refractivity contribution in [3.8, 4) is 67.5 Å². The number of para-hydroxylation sites is 9. The maximum absolute atomic E-state index is 2.46. The van der Waals surface area contributed by atoms with E-state index in [9.17, 15) is 0 Å². The van der Waals surface area contributed by atoms with Crippen LogP contribution in [0.3, 0.4) is 0 Å². The molecular weight excluding hydrogens is 1730 g/mol. The summed E-state index contributed by atoms with van der Waals surface area (Å²) in [4.78, 5) is 0. The first-order valence-electron chi connectivity index (χ1n) is 48.0. The van der Waals surface area contributed by atoms with E-state index in [2.05, 4.69) is 525 Å². The Balaban J connectivity index is 0.000000101. The molecule has 0 fully saturated rings. The van der Waals surface area contributed by atoms with Gasteiger partial charge in [-0.3, -0.25) is 0 Å². The molecule has 0 saturated carbocycles. The summed E-state index contributed by atoms with van der Waals surface area (Å²) in [6.07, 6.45) is 0. The van der Waals surface area contributed by atoms with E-state index < -0.39 is 0 Å². The van der Waals surface area contributed by atoms with Crippen LogP contribution >= 0.6 is 22.7 Å². The van der Waals surface area contributed by atoms with E-state index in [0.29, 0.717) is 0 Å². The molecule has 140 heavy (non-hydrogen) atoms. The normalized spacial score (nSPS) is 12.0. The van der Waals surface area contributed by atoms with Crippen molar-refractivity contribution in [3.63, 3.8) is 0 Å². The first-order chi connectivity index (χ1) is 69.5. The predicted molar refractivity (Wildman–Crippen MR) is 600 cm³/mol. The Kier molecular flexibility index (Phi) is 18.1. The zero-order chi connectivity index (χ0) is 91.7. The van der Waals surface area contributed by atoms with Crippen molar-refractivity contribution in [1.82, 2.24) is 27.4 Å². The number of rotatable bonds is 9. The van der Waals surface area contributed by atoms with Gasteiger partial charge >= 0.3 is 0 Å². The zero-order valence-electron chi connectivity index (χ0n) is 75.8. The second-order valence-electron chi connectivity index (χ2n) is 36.9. The minimum absolute atomic E-state index is 1.17. The van der Waals surface area contributed by atoms with Crippen molar-refractivity contribution in [2.75, 3.05) is 0 Å². The summed E-state index contributed by atoms with van der Waals surface area (Å²) < 4.78 is 19.8. The highest BCUT2D eigenvalue weighted by Crippen LogP contribution is 2.48. The summed E-state index contributed by atoms with van der Waals surface area (Å²) in [7, 11) is 0. The van der Waals surface area contributed by atoms with Crippen molar-refractivity contribution in [1.29, 1.82) is 0 Å². The largest absolute Gasteiger partial charge is 0.309 e. The Bertz CT molecular complexity index is 10500. The fraction of sp³-hybridized carbons (Fsp3) is 0. The molecule has 31 aromatic rings. The van der Waals surface area contributed by atoms with E-state index in [1.165, 1.54) is 271 Å². The van der Waals surface area contributed by atoms with Crippen molar-refractivity contribution < 1.29 is 0 Å². The highest BCUT2D eigenvalue weighted by molar-refractivity contribution is 7.26. The number of hydrogen-bond acceptors (Lipinski definition) is 2. The van der Waals surface area contributed by atoms with Crippen LogP contribution < -0.4 is 0 Å². The molecule has 0 bridgehead atoms. The van der Waals surface area contributed by atoms with Gasteiger partial charge in [-0.1, -0.05) is 303 Å². The van der Waals surface area contributed by atoms with Crippen LogP contribution in [0, 0.1) is 0 Å². The number of aromatic nitrogens is 6. The average molecular weight is 1820 g/mol. The third-order valence-electron chi connectivity index (χ3n) is 29.3. The third kappa shape index (κ3) is 12.4. The highest BCUT2D eigenvalue weighted by Gasteiger charge is 2.25. The SMILES string of the molecule is c1ccc(-n2c3ccccc3c3cc(-c4ccc5c(c4)c4ccccc4n5-c4ccc5c6ccccc6c6ccccc6c5c4)ccc32)cc1.c1ccc(-n2c3ccccc3c3cc(-c4ccc5c(c4)c4ccccc4n5-c4ccc5sc6ccccc6c5c4)ccc32)cc1.c1ccc(-n2c3ccccc3c3cc(-c4ccc5c(c4)c4ccccc4n5-c4cccc5c4sc4ccccc45)ccc32)cc1. The van der Waals surface area contributed by atoms with E-state index in [0.717, 1.165) is 0 Å². The molecule has 0 unspecified atom stereocenters. The molecule has 23 aromatic carbocycles. The van der Waals surface area contributed by atoms with Gasteiger partial charge in [-0.05, 0) is 260 Å². The molecule has 6 nitrogen and oxygen atoms in total. The van der Waals surface area contributed by atoms with Gasteiger partial charge in [0, 0.05) is 129 Å². The summed E-state index contributed by atoms with van der Waals surface area (Å²) in [5.41, 5.74) is 29.2. The van der Waals surface area contributed by atoms with E-state index in [4.69, 9.17) is 0 Å². The van der Waals surface area contributed by atoms with Crippen LogP contribution in [0.25, 0.3) is 271 Å². The van der Waals surface area contributed by atoms with E-state index in [-0.39, 0.29) is 0 Å². The molecule has 0 aliphatic rings. The lowest BCUT2D eigenvalue weighted by atomic mass is 9.94. The van der Waals surface area contributed by atoms with Crippen molar-refractivity contribution in [3.05, 3.63) is 497 Å². The predicted octanol–water partition coefficient (Wildman–Crippen LogP) is 36.8. The van der Waals surface area contributed by atoms with E-state index in [1.807, 2.05) is 22.7 Å². The number of hydrogen-bond donors (Lipinski definition) is 0. The Morgan fingerprint density at radius 1 is 0.114 bits per heavy atom. The molecule has 652 valence electrons. The van der Waals surface area contributed by atoms with Gasteiger partial charge in [0.25, 0.3) is 0 Å². The maximum Gasteiger partial charge on any atom is 0.0640 e. The second kappa shape index (κ2) is 31.9. The summed E-state index contributed by atoms with van der Waals surface area (Å²) in [5.74, 6) is 0. The zero-order valence-corrected chi connectivity index (χ0v) is 77.5. The molecule has 0 aliphatic carbocycles. The van der Waals surface area contributed by atoms with Gasteiger partial charge < -0.3 is 27.4 Å². The van der Waals surface area contributed by atoms with E-state index in [1.54, 1.807) is 0 Å². The molecule has 0 atom stereocenters. The smallest absolute Gasteiger partial charge is 0.0640 e. The van der Waals surface area contributed by atoms with Gasteiger partial charge in [-0.15, -0.1) is 22.7 Å². The summed E-state index contributed by atoms with van der Waals surface area (Å²) in [5, 5.41) is 28.2. The van der Waals surface area contributed by atoms with Crippen molar-refractivity contribution >= 4 is 226 Å². The topological polar surface area (TPSA) is 29.6 Å². The highest BCUT2D eigenvalue weighted by atomic mass is 32.1. The summed E-state index contributed by atoms with van der Waals surface area (Å²) in [6.45, 7) is 0. The van der Waals surface area contributed by atoms with Gasteiger partial charge in [0.2, 0.25) is 0 Å². The van der Waals surface area contributed by atoms with Crippen molar-refractivity contribution in [2.45, 2.75) is 0 Å². The molecule has 0 saturated heterocycles. The van der Waals surface area contributed by atoms with Crippen LogP contribution in [0.4, 0.5) is 0 Å². The maximum atomic E-state index is 2.46. The summed E-state index contributed by atoms with van der Waals surface area (Å²) in [6, 6.07) is 182. The van der Waals surface area contributed by atoms with Gasteiger partial charge in [0.15, 0.2) is 0 Å². The molecule has 0 spiro atoms. The average Bonchev–Trinajstić information content (AvgIpc) is 1.45. The molecule has 31 rings (SSSR count). The number of nitrogens with zero attached hydrogens (tertiary/aromatic N) is 6. The number of thiophene rings is 2. The standard InChI is InChI=1S/C48H30N2.2C42H26N2S/c1-2-12-33(13-3-1)49-45-20-10-8-18-40(45)43-28-31(22-26-47(43)49)32-23-27-48-44(29-32)41-19-9-11-21-46(41)50(48)34-24-25-39-37-16-5-4-14-35(37)36-15-6-7-17-38(36)42(39)30-34;1-2-11-29(12-3-1)43-36-17-7-4-13-30(36)34-25-27(21-23-38(34)43)28-22-24-39-35(26-28)31-14-5-8-18-37(31)44(39)40-19-10-16-33-32-15-6-9-20-41(32)45-42(33)40;1-2-10-29(11-3-1)43-37-15-7-4-12-31(37)34-24-27(18-21-39(34)43)28-19-22-40-35(25-28)32-13-5-8-16-38(32)44(40)30-20-23-42-36(26-30)33-14-6-9-17-41(33)45-42/h1-30H;2*1-26H. The third-order valence-corrected chi connectivity index (χ3v) is 31.7. The molecule has 0 N–H and O–H groups in total. The van der Waals surface area contributed by atoms with Crippen LogP contribution in [-0.4, -0.2) is 27.4 Å². The Hall–Kier alpha value is -17.9. The Morgan fingerprint density at radius 2 is 0.350 bits per heavy atom. The molecule has 0 aliphatic heterocycles. The monoisotopic (exact) mass is 1810 g/mol. The fourth-order valence-electron chi connectivity index (χ4n) is 23.1. The minimum atomic E-state index is 1.17. The number of fused-ring (bicyclic) bond motifs is 30. The van der Waals surface area contributed by atoms with Crippen LogP contribution in [0.2, 0.25) is 0 Å². The molecule has 0 radical (unpaired) electrons. The molecule has 8 aromatic heterocycles. The van der Waals surface area contributed by atoms with Crippen LogP contribution in [0.15, 0.2) is 497 Å². The van der Waals surface area contributed by atoms with Crippen LogP contribution in [0.1, 0.15) is 0 Å². The van der Waals surface area contributed by atoms with Gasteiger partial charge in [0.05, 0.1) is 76.6 Å². The second-order valence-corrected chi connectivity index (χ2v) is 39.0. The van der Waals surface area contributed by atoms with Crippen LogP contribution in [-0.2, 0) is 0 Å². The minimum Gasteiger partial charge on any atom is -0.309 e. The van der Waals surface area contributed by atoms with E-state index >= 15 is 0 Å². The van der Waals surface area contributed by atoms with Gasteiger partial charge in [0.1, 0.15) is 0 Å². The molecule has 8 heteroatoms. The molecule has 8 heterocycles. The lowest BCUT2D eigenvalue weighted by Crippen LogP contribution is -1.94. The molecular formula is C132H82N6S2. The quantitative estimate of drug-likeness (QED) is 0.129. The lowest BCUT2D eigenvalue weighted by molar-refractivity contribution is 1.18. The van der Waals surface area contributed by atoms with Gasteiger partial charge in [-0.25, -0.2) is 0 Å². The summed E-state index contributed by atoms with van der Waals surface area (Å²) >= 11 is 3.75. The number of benzene rings is 23. The first-order valence-corrected chi connectivity index (χ1v) is 49.6. The van der Waals surface area contributed by atoms with Crippen molar-refractivity contribution in [2.24, 2.45) is 0 Å². The molecule has 0 amide bonds. The van der Waals surface area contributed by atoms with Gasteiger partial charge in [-0.2, -0.15) is 0 Å². The fourth-order valence-corrected chi connectivity index (χ4v) is 25.4. The Labute approximate surface area is 812 Å². The van der Waals surface area contributed by atoms with Crippen LogP contribution in [0.5, 0.6) is 0 Å².